The zero-order chi connectivity index (χ0) is 15.7. The van der Waals surface area contributed by atoms with Crippen molar-refractivity contribution in [3.63, 3.8) is 0 Å². The smallest absolute Gasteiger partial charge is 0.273 e. The molecule has 22 heavy (non-hydrogen) atoms. The molecule has 1 aromatic heterocycles. The number of aromatic nitrogens is 3. The minimum absolute atomic E-state index is 0.0242. The molecule has 2 atom stereocenters. The Labute approximate surface area is 128 Å². The van der Waals surface area contributed by atoms with E-state index >= 15 is 0 Å². The summed E-state index contributed by atoms with van der Waals surface area (Å²) < 4.78 is 12.0. The van der Waals surface area contributed by atoms with Gasteiger partial charge >= 0.3 is 0 Å². The molecular formula is C15H18N4O3. The van der Waals surface area contributed by atoms with Gasteiger partial charge in [-0.3, -0.25) is 4.79 Å². The average molecular weight is 302 g/mol. The van der Waals surface area contributed by atoms with E-state index in [0.29, 0.717) is 0 Å². The van der Waals surface area contributed by atoms with Gasteiger partial charge in [0.25, 0.3) is 5.91 Å². The van der Waals surface area contributed by atoms with Crippen LogP contribution in [-0.4, -0.2) is 46.8 Å². The van der Waals surface area contributed by atoms with Crippen LogP contribution in [0.25, 0.3) is 5.69 Å². The van der Waals surface area contributed by atoms with Crippen LogP contribution in [0.1, 0.15) is 23.8 Å². The van der Waals surface area contributed by atoms with Gasteiger partial charge in [0.05, 0.1) is 30.6 Å². The Kier molecular flexibility index (Phi) is 3.58. The second-order valence-electron chi connectivity index (χ2n) is 5.49. The van der Waals surface area contributed by atoms with Crippen LogP contribution in [0.15, 0.2) is 30.5 Å². The van der Waals surface area contributed by atoms with E-state index in [-0.39, 0.29) is 23.2 Å². The lowest BCUT2D eigenvalue weighted by molar-refractivity contribution is 0.0784. The minimum Gasteiger partial charge on any atom is -0.497 e. The van der Waals surface area contributed by atoms with Crippen molar-refractivity contribution >= 4 is 5.91 Å². The van der Waals surface area contributed by atoms with Crippen molar-refractivity contribution in [2.24, 2.45) is 0 Å². The van der Waals surface area contributed by atoms with E-state index in [1.807, 2.05) is 31.2 Å². The molecule has 7 nitrogen and oxygen atoms in total. The quantitative estimate of drug-likeness (QED) is 0.897. The largest absolute Gasteiger partial charge is 0.497 e. The second-order valence-corrected chi connectivity index (χ2v) is 5.49. The van der Waals surface area contributed by atoms with Gasteiger partial charge in [0.2, 0.25) is 0 Å². The number of carbonyl (C=O) groups is 1. The first-order valence-corrected chi connectivity index (χ1v) is 6.98. The SMILES string of the molecule is COc1ccc(-n2cc(C(=O)N[C@@H]3C[C@]3(C)OC)nn2)cc1. The van der Waals surface area contributed by atoms with E-state index in [1.54, 1.807) is 25.1 Å². The zero-order valence-electron chi connectivity index (χ0n) is 12.7. The lowest BCUT2D eigenvalue weighted by atomic mass is 10.3. The molecule has 7 heteroatoms. The van der Waals surface area contributed by atoms with Gasteiger partial charge in [-0.1, -0.05) is 5.21 Å². The van der Waals surface area contributed by atoms with Crippen molar-refractivity contribution in [3.05, 3.63) is 36.2 Å². The van der Waals surface area contributed by atoms with Crippen LogP contribution >= 0.6 is 0 Å². The molecule has 1 aliphatic carbocycles. The molecule has 2 aromatic rings. The molecule has 1 aliphatic rings. The van der Waals surface area contributed by atoms with Crippen molar-refractivity contribution in [2.75, 3.05) is 14.2 Å². The molecule has 0 spiro atoms. The van der Waals surface area contributed by atoms with Gasteiger partial charge in [0.1, 0.15) is 5.75 Å². The number of hydrogen-bond donors (Lipinski definition) is 1. The van der Waals surface area contributed by atoms with Gasteiger partial charge in [-0.2, -0.15) is 0 Å². The Hall–Kier alpha value is -2.41. The van der Waals surface area contributed by atoms with Crippen LogP contribution in [0.5, 0.6) is 5.75 Å². The van der Waals surface area contributed by atoms with Gasteiger partial charge in [0.15, 0.2) is 5.69 Å². The lowest BCUT2D eigenvalue weighted by Gasteiger charge is -2.08. The maximum Gasteiger partial charge on any atom is 0.273 e. The van der Waals surface area contributed by atoms with Crippen LogP contribution in [0.2, 0.25) is 0 Å². The van der Waals surface area contributed by atoms with Gasteiger partial charge in [-0.15, -0.1) is 5.10 Å². The summed E-state index contributed by atoms with van der Waals surface area (Å²) in [6.45, 7) is 1.96. The van der Waals surface area contributed by atoms with Gasteiger partial charge in [0, 0.05) is 13.5 Å². The van der Waals surface area contributed by atoms with E-state index in [0.717, 1.165) is 17.9 Å². The number of hydrogen-bond acceptors (Lipinski definition) is 5. The number of nitrogens with zero attached hydrogens (tertiary/aromatic N) is 3. The van der Waals surface area contributed by atoms with E-state index in [4.69, 9.17) is 9.47 Å². The summed E-state index contributed by atoms with van der Waals surface area (Å²) in [5.74, 6) is 0.514. The number of methoxy groups -OCH3 is 2. The number of rotatable bonds is 5. The standard InChI is InChI=1S/C15H18N4O3/c1-15(22-3)8-13(15)16-14(20)12-9-19(18-17-12)10-4-6-11(21-2)7-5-10/h4-7,9,13H,8H2,1-3H3,(H,16,20)/t13-,15+/m1/s1. The average Bonchev–Trinajstić information content (AvgIpc) is 2.98. The highest BCUT2D eigenvalue weighted by Gasteiger charge is 2.51. The maximum absolute atomic E-state index is 12.1. The van der Waals surface area contributed by atoms with Crippen LogP contribution in [0.4, 0.5) is 0 Å². The summed E-state index contributed by atoms with van der Waals surface area (Å²) in [5.41, 5.74) is 0.823. The molecule has 1 amide bonds. The summed E-state index contributed by atoms with van der Waals surface area (Å²) in [5, 5.41) is 10.8. The molecule has 0 aliphatic heterocycles. The molecule has 1 N–H and O–H groups in total. The number of carbonyl (C=O) groups excluding carboxylic acids is 1. The van der Waals surface area contributed by atoms with Crippen molar-refractivity contribution in [1.29, 1.82) is 0 Å². The zero-order valence-corrected chi connectivity index (χ0v) is 12.7. The fourth-order valence-corrected chi connectivity index (χ4v) is 2.24. The fourth-order valence-electron chi connectivity index (χ4n) is 2.24. The molecule has 0 radical (unpaired) electrons. The Balaban J connectivity index is 1.69. The normalized spacial score (nSPS) is 23.1. The summed E-state index contributed by atoms with van der Waals surface area (Å²) in [4.78, 5) is 12.1. The van der Waals surface area contributed by atoms with E-state index in [9.17, 15) is 4.79 Å². The molecule has 1 aromatic carbocycles. The molecule has 3 rings (SSSR count). The minimum atomic E-state index is -0.262. The van der Waals surface area contributed by atoms with Crippen LogP contribution in [-0.2, 0) is 4.74 Å². The molecule has 0 bridgehead atoms. The molecule has 1 fully saturated rings. The number of amides is 1. The van der Waals surface area contributed by atoms with Crippen molar-refractivity contribution < 1.29 is 14.3 Å². The second kappa shape index (κ2) is 5.42. The molecule has 0 unspecified atom stereocenters. The highest BCUT2D eigenvalue weighted by atomic mass is 16.5. The summed E-state index contributed by atoms with van der Waals surface area (Å²) in [7, 11) is 3.25. The number of nitrogens with one attached hydrogen (secondary N) is 1. The fraction of sp³-hybridized carbons (Fsp3) is 0.400. The van der Waals surface area contributed by atoms with Gasteiger partial charge < -0.3 is 14.8 Å². The van der Waals surface area contributed by atoms with Crippen molar-refractivity contribution in [1.82, 2.24) is 20.3 Å². The Morgan fingerprint density at radius 1 is 1.36 bits per heavy atom. The van der Waals surface area contributed by atoms with Crippen LogP contribution in [0, 0.1) is 0 Å². The third-order valence-corrected chi connectivity index (χ3v) is 4.02. The first-order chi connectivity index (χ1) is 10.6. The number of benzene rings is 1. The van der Waals surface area contributed by atoms with Crippen LogP contribution < -0.4 is 10.1 Å². The molecule has 1 heterocycles. The predicted octanol–water partition coefficient (Wildman–Crippen LogP) is 1.18. The first-order valence-electron chi connectivity index (χ1n) is 6.98. The Morgan fingerprint density at radius 3 is 2.68 bits per heavy atom. The number of ether oxygens (including phenoxy) is 2. The van der Waals surface area contributed by atoms with E-state index in [2.05, 4.69) is 15.6 Å². The highest BCUT2D eigenvalue weighted by molar-refractivity contribution is 5.92. The third kappa shape index (κ3) is 2.67. The van der Waals surface area contributed by atoms with E-state index in [1.165, 1.54) is 0 Å². The summed E-state index contributed by atoms with van der Waals surface area (Å²) in [6.07, 6.45) is 2.41. The lowest BCUT2D eigenvalue weighted by Crippen LogP contribution is -2.31. The predicted molar refractivity (Wildman–Crippen MR) is 79.2 cm³/mol. The third-order valence-electron chi connectivity index (χ3n) is 4.02. The van der Waals surface area contributed by atoms with Crippen molar-refractivity contribution in [2.45, 2.75) is 25.0 Å². The van der Waals surface area contributed by atoms with Gasteiger partial charge in [-0.25, -0.2) is 4.68 Å². The van der Waals surface area contributed by atoms with E-state index < -0.39 is 0 Å². The Bertz CT molecular complexity index is 682. The first kappa shape index (κ1) is 14.5. The van der Waals surface area contributed by atoms with Crippen LogP contribution in [0.3, 0.4) is 0 Å². The van der Waals surface area contributed by atoms with Crippen molar-refractivity contribution in [3.8, 4) is 11.4 Å². The molecule has 0 saturated heterocycles. The molecule has 1 saturated carbocycles. The highest BCUT2D eigenvalue weighted by Crippen LogP contribution is 2.38. The Morgan fingerprint density at radius 2 is 2.09 bits per heavy atom. The monoisotopic (exact) mass is 302 g/mol. The summed E-state index contributed by atoms with van der Waals surface area (Å²) in [6, 6.07) is 7.36. The summed E-state index contributed by atoms with van der Waals surface area (Å²) >= 11 is 0. The maximum atomic E-state index is 12.1. The topological polar surface area (TPSA) is 78.3 Å². The van der Waals surface area contributed by atoms with Gasteiger partial charge in [-0.05, 0) is 31.2 Å². The molecule has 116 valence electrons. The molecular weight excluding hydrogens is 284 g/mol.